The third-order valence-electron chi connectivity index (χ3n) is 1.79. The molecule has 16 heavy (non-hydrogen) atoms. The van der Waals surface area contributed by atoms with Gasteiger partial charge in [0, 0.05) is 10.7 Å². The van der Waals surface area contributed by atoms with Crippen LogP contribution in [0.15, 0.2) is 16.7 Å². The van der Waals surface area contributed by atoms with Gasteiger partial charge in [-0.25, -0.2) is 0 Å². The first-order valence-corrected chi connectivity index (χ1v) is 4.92. The number of esters is 1. The van der Waals surface area contributed by atoms with Crippen LogP contribution in [0.1, 0.15) is 11.3 Å². The van der Waals surface area contributed by atoms with Gasteiger partial charge >= 0.3 is 12.1 Å². The third-order valence-corrected chi connectivity index (χ3v) is 2.50. The van der Waals surface area contributed by atoms with Crippen molar-refractivity contribution in [1.82, 2.24) is 4.98 Å². The fraction of sp³-hybridized carbons (Fsp3) is 0.333. The van der Waals surface area contributed by atoms with E-state index in [4.69, 9.17) is 0 Å². The van der Waals surface area contributed by atoms with E-state index in [0.717, 1.165) is 12.3 Å². The molecule has 0 saturated carbocycles. The van der Waals surface area contributed by atoms with Crippen LogP contribution in [0, 0.1) is 0 Å². The van der Waals surface area contributed by atoms with Crippen LogP contribution in [-0.2, 0) is 22.1 Å². The molecule has 0 atom stereocenters. The number of alkyl halides is 3. The number of methoxy groups -OCH3 is 1. The lowest BCUT2D eigenvalue weighted by Gasteiger charge is -2.08. The van der Waals surface area contributed by atoms with E-state index in [1.807, 2.05) is 0 Å². The number of ether oxygens (including phenoxy) is 1. The molecule has 1 rings (SSSR count). The van der Waals surface area contributed by atoms with Gasteiger partial charge in [-0.2, -0.15) is 13.2 Å². The van der Waals surface area contributed by atoms with Gasteiger partial charge in [0.1, 0.15) is 5.69 Å². The van der Waals surface area contributed by atoms with E-state index in [-0.39, 0.29) is 12.0 Å². The average molecular weight is 298 g/mol. The van der Waals surface area contributed by atoms with Crippen molar-refractivity contribution in [3.05, 3.63) is 28.0 Å². The number of rotatable bonds is 2. The zero-order valence-electron chi connectivity index (χ0n) is 8.14. The second-order valence-corrected chi connectivity index (χ2v) is 3.77. The van der Waals surface area contributed by atoms with Crippen molar-refractivity contribution < 1.29 is 22.7 Å². The molecule has 0 saturated heterocycles. The molecule has 3 nitrogen and oxygen atoms in total. The fourth-order valence-corrected chi connectivity index (χ4v) is 1.36. The molecular formula is C9H7BrF3NO2. The number of pyridine rings is 1. The number of hydrogen-bond donors (Lipinski definition) is 0. The zero-order valence-corrected chi connectivity index (χ0v) is 9.72. The van der Waals surface area contributed by atoms with Gasteiger partial charge in [0.05, 0.1) is 13.5 Å². The Labute approximate surface area is 97.8 Å². The predicted octanol–water partition coefficient (Wildman–Crippen LogP) is 2.58. The summed E-state index contributed by atoms with van der Waals surface area (Å²) in [5.74, 6) is -0.611. The molecule has 88 valence electrons. The molecule has 0 aromatic carbocycles. The van der Waals surface area contributed by atoms with Gasteiger partial charge in [-0.1, -0.05) is 0 Å². The molecule has 0 fully saturated rings. The first-order chi connectivity index (χ1) is 7.34. The van der Waals surface area contributed by atoms with Crippen molar-refractivity contribution in [2.24, 2.45) is 0 Å². The summed E-state index contributed by atoms with van der Waals surface area (Å²) in [6.45, 7) is 0. The number of aromatic nitrogens is 1. The van der Waals surface area contributed by atoms with Gasteiger partial charge in [-0.3, -0.25) is 9.78 Å². The highest BCUT2D eigenvalue weighted by Gasteiger charge is 2.33. The summed E-state index contributed by atoms with van der Waals surface area (Å²) < 4.78 is 41.7. The third kappa shape index (κ3) is 3.19. The Hall–Kier alpha value is -1.11. The minimum absolute atomic E-state index is 0.189. The molecule has 1 aromatic rings. The summed E-state index contributed by atoms with van der Waals surface area (Å²) in [5, 5.41) is 0. The first-order valence-electron chi connectivity index (χ1n) is 4.13. The molecule has 0 amide bonds. The lowest BCUT2D eigenvalue weighted by Crippen LogP contribution is -2.11. The Bertz CT molecular complexity index is 406. The monoisotopic (exact) mass is 297 g/mol. The Morgan fingerprint density at radius 3 is 2.69 bits per heavy atom. The Morgan fingerprint density at radius 2 is 2.19 bits per heavy atom. The molecule has 0 unspecified atom stereocenters. The summed E-state index contributed by atoms with van der Waals surface area (Å²) in [5.41, 5.74) is -0.844. The molecule has 0 N–H and O–H groups in total. The van der Waals surface area contributed by atoms with E-state index in [0.29, 0.717) is 4.47 Å². The van der Waals surface area contributed by atoms with Crippen LogP contribution in [0.5, 0.6) is 0 Å². The van der Waals surface area contributed by atoms with Gasteiger partial charge in [-0.15, -0.1) is 0 Å². The molecule has 7 heteroatoms. The molecule has 1 aromatic heterocycles. The molecule has 0 aliphatic heterocycles. The highest BCUT2D eigenvalue weighted by Crippen LogP contribution is 2.30. The second kappa shape index (κ2) is 4.82. The Kier molecular flexibility index (Phi) is 3.90. The summed E-state index contributed by atoms with van der Waals surface area (Å²) in [4.78, 5) is 14.2. The number of hydrogen-bond acceptors (Lipinski definition) is 3. The molecule has 0 radical (unpaired) electrons. The van der Waals surface area contributed by atoms with Gasteiger partial charge in [-0.05, 0) is 27.6 Å². The number of nitrogens with zero attached hydrogens (tertiary/aromatic N) is 1. The molecule has 0 bridgehead atoms. The second-order valence-electron chi connectivity index (χ2n) is 2.91. The van der Waals surface area contributed by atoms with Crippen molar-refractivity contribution in [3.63, 3.8) is 0 Å². The minimum atomic E-state index is -4.52. The van der Waals surface area contributed by atoms with Crippen LogP contribution in [0.25, 0.3) is 0 Å². The first kappa shape index (κ1) is 13.0. The van der Waals surface area contributed by atoms with Crippen LogP contribution in [0.3, 0.4) is 0 Å². The van der Waals surface area contributed by atoms with Crippen molar-refractivity contribution >= 4 is 21.9 Å². The van der Waals surface area contributed by atoms with E-state index in [2.05, 4.69) is 25.7 Å². The van der Waals surface area contributed by atoms with Gasteiger partial charge < -0.3 is 4.74 Å². The van der Waals surface area contributed by atoms with Crippen LogP contribution >= 0.6 is 15.9 Å². The summed E-state index contributed by atoms with van der Waals surface area (Å²) in [7, 11) is 1.17. The lowest BCUT2D eigenvalue weighted by atomic mass is 10.1. The Morgan fingerprint density at radius 1 is 1.56 bits per heavy atom. The highest BCUT2D eigenvalue weighted by molar-refractivity contribution is 9.10. The van der Waals surface area contributed by atoms with Crippen LogP contribution in [-0.4, -0.2) is 18.1 Å². The van der Waals surface area contributed by atoms with E-state index < -0.39 is 17.8 Å². The average Bonchev–Trinajstić information content (AvgIpc) is 2.19. The van der Waals surface area contributed by atoms with Gasteiger partial charge in [0.2, 0.25) is 0 Å². The largest absolute Gasteiger partial charge is 0.469 e. The maximum atomic E-state index is 12.3. The van der Waals surface area contributed by atoms with Gasteiger partial charge in [0.15, 0.2) is 0 Å². The lowest BCUT2D eigenvalue weighted by molar-refractivity contribution is -0.142. The SMILES string of the molecule is COC(=O)Cc1cc(C(F)(F)F)ncc1Br. The van der Waals surface area contributed by atoms with Crippen molar-refractivity contribution in [2.75, 3.05) is 7.11 Å². The predicted molar refractivity (Wildman–Crippen MR) is 52.7 cm³/mol. The van der Waals surface area contributed by atoms with E-state index >= 15 is 0 Å². The minimum Gasteiger partial charge on any atom is -0.469 e. The molecule has 1 heterocycles. The standard InChI is InChI=1S/C9H7BrF3NO2/c1-16-8(15)3-5-2-7(9(11,12)13)14-4-6(5)10/h2,4H,3H2,1H3. The van der Waals surface area contributed by atoms with E-state index in [1.165, 1.54) is 7.11 Å². The summed E-state index contributed by atoms with van der Waals surface area (Å²) >= 11 is 3.02. The summed E-state index contributed by atoms with van der Waals surface area (Å²) in [6.07, 6.45) is -3.74. The van der Waals surface area contributed by atoms with Gasteiger partial charge in [0.25, 0.3) is 0 Å². The molecule has 0 spiro atoms. The fourth-order valence-electron chi connectivity index (χ4n) is 0.999. The van der Waals surface area contributed by atoms with Crippen LogP contribution in [0.4, 0.5) is 13.2 Å². The maximum Gasteiger partial charge on any atom is 0.433 e. The van der Waals surface area contributed by atoms with Crippen molar-refractivity contribution in [3.8, 4) is 0 Å². The number of halogens is 4. The van der Waals surface area contributed by atoms with Crippen LogP contribution in [0.2, 0.25) is 0 Å². The zero-order chi connectivity index (χ0) is 12.3. The number of carbonyl (C=O) groups is 1. The quantitative estimate of drug-likeness (QED) is 0.788. The highest BCUT2D eigenvalue weighted by atomic mass is 79.9. The van der Waals surface area contributed by atoms with E-state index in [1.54, 1.807) is 0 Å². The van der Waals surface area contributed by atoms with Crippen molar-refractivity contribution in [2.45, 2.75) is 12.6 Å². The summed E-state index contributed by atoms with van der Waals surface area (Å²) in [6, 6.07) is 0.820. The molecule has 0 aliphatic rings. The van der Waals surface area contributed by atoms with E-state index in [9.17, 15) is 18.0 Å². The normalized spacial score (nSPS) is 11.3. The van der Waals surface area contributed by atoms with Crippen LogP contribution < -0.4 is 0 Å². The number of carbonyl (C=O) groups excluding carboxylic acids is 1. The maximum absolute atomic E-state index is 12.3. The Balaban J connectivity index is 3.04. The smallest absolute Gasteiger partial charge is 0.433 e. The van der Waals surface area contributed by atoms with Crippen molar-refractivity contribution in [1.29, 1.82) is 0 Å². The molecular weight excluding hydrogens is 291 g/mol. The molecule has 0 aliphatic carbocycles. The topological polar surface area (TPSA) is 39.2 Å².